The highest BCUT2D eigenvalue weighted by molar-refractivity contribution is 5.32. The van der Waals surface area contributed by atoms with Crippen LogP contribution in [0, 0.1) is 0 Å². The summed E-state index contributed by atoms with van der Waals surface area (Å²) < 4.78 is 0. The highest BCUT2D eigenvalue weighted by Crippen LogP contribution is 2.26. The standard InChI is InChI=1S/C12H18O4/c1-9(7-15-13)11-5-3-4-6-12(11)10(2)8-16-14/h3-6,9-10,13-14H,7-8H2,1-2H3. The zero-order valence-electron chi connectivity index (χ0n) is 9.59. The number of benzene rings is 1. The van der Waals surface area contributed by atoms with Crippen LogP contribution in [-0.4, -0.2) is 23.7 Å². The molecule has 1 aromatic carbocycles. The topological polar surface area (TPSA) is 58.9 Å². The SMILES string of the molecule is CC(COO)c1ccccc1C(C)COO. The second-order valence-corrected chi connectivity index (χ2v) is 4.02. The number of rotatable bonds is 6. The molecule has 4 nitrogen and oxygen atoms in total. The van der Waals surface area contributed by atoms with Crippen molar-refractivity contribution in [3.8, 4) is 0 Å². The quantitative estimate of drug-likeness (QED) is 0.578. The van der Waals surface area contributed by atoms with E-state index in [9.17, 15) is 0 Å². The smallest absolute Gasteiger partial charge is 0.0885 e. The molecule has 0 fully saturated rings. The van der Waals surface area contributed by atoms with E-state index in [1.807, 2.05) is 38.1 Å². The Hall–Kier alpha value is -0.940. The summed E-state index contributed by atoms with van der Waals surface area (Å²) in [7, 11) is 0. The molecule has 0 aliphatic carbocycles. The molecule has 1 aromatic rings. The second kappa shape index (κ2) is 6.60. The van der Waals surface area contributed by atoms with Crippen LogP contribution in [0.1, 0.15) is 36.8 Å². The van der Waals surface area contributed by atoms with Crippen LogP contribution in [0.5, 0.6) is 0 Å². The molecule has 2 atom stereocenters. The van der Waals surface area contributed by atoms with Crippen molar-refractivity contribution in [2.75, 3.05) is 13.2 Å². The van der Waals surface area contributed by atoms with E-state index in [-0.39, 0.29) is 25.0 Å². The Balaban J connectivity index is 2.90. The molecule has 90 valence electrons. The van der Waals surface area contributed by atoms with E-state index in [1.165, 1.54) is 0 Å². The summed E-state index contributed by atoms with van der Waals surface area (Å²) in [4.78, 5) is 8.34. The Morgan fingerprint density at radius 2 is 1.31 bits per heavy atom. The van der Waals surface area contributed by atoms with E-state index < -0.39 is 0 Å². The van der Waals surface area contributed by atoms with Crippen LogP contribution in [0.4, 0.5) is 0 Å². The Kier molecular flexibility index (Phi) is 5.42. The molecular formula is C12H18O4. The first-order valence-electron chi connectivity index (χ1n) is 5.32. The molecular weight excluding hydrogens is 208 g/mol. The van der Waals surface area contributed by atoms with Gasteiger partial charge in [-0.3, -0.25) is 10.5 Å². The lowest BCUT2D eigenvalue weighted by atomic mass is 9.90. The number of hydrogen-bond acceptors (Lipinski definition) is 4. The maximum absolute atomic E-state index is 8.47. The molecule has 4 heteroatoms. The van der Waals surface area contributed by atoms with Crippen LogP contribution >= 0.6 is 0 Å². The van der Waals surface area contributed by atoms with E-state index >= 15 is 0 Å². The van der Waals surface area contributed by atoms with Crippen molar-refractivity contribution >= 4 is 0 Å². The van der Waals surface area contributed by atoms with Gasteiger partial charge in [0.2, 0.25) is 0 Å². The number of hydrogen-bond donors (Lipinski definition) is 2. The molecule has 2 unspecified atom stereocenters. The first-order valence-corrected chi connectivity index (χ1v) is 5.32. The van der Waals surface area contributed by atoms with Gasteiger partial charge in [0.15, 0.2) is 0 Å². The molecule has 0 aromatic heterocycles. The van der Waals surface area contributed by atoms with Gasteiger partial charge in [-0.15, -0.1) is 0 Å². The van der Waals surface area contributed by atoms with Crippen molar-refractivity contribution in [3.05, 3.63) is 35.4 Å². The predicted molar refractivity (Wildman–Crippen MR) is 60.4 cm³/mol. The fourth-order valence-electron chi connectivity index (χ4n) is 1.81. The molecule has 0 saturated carbocycles. The average molecular weight is 226 g/mol. The van der Waals surface area contributed by atoms with Crippen LogP contribution in [0.15, 0.2) is 24.3 Å². The maximum Gasteiger partial charge on any atom is 0.0885 e. The third-order valence-corrected chi connectivity index (χ3v) is 2.71. The predicted octanol–water partition coefficient (Wildman–Crippen LogP) is 2.87. The third-order valence-electron chi connectivity index (χ3n) is 2.71. The fourth-order valence-corrected chi connectivity index (χ4v) is 1.81. The van der Waals surface area contributed by atoms with Crippen LogP contribution in [-0.2, 0) is 9.78 Å². The normalized spacial score (nSPS) is 14.8. The van der Waals surface area contributed by atoms with Gasteiger partial charge in [-0.2, -0.15) is 0 Å². The maximum atomic E-state index is 8.47. The molecule has 16 heavy (non-hydrogen) atoms. The highest BCUT2D eigenvalue weighted by Gasteiger charge is 2.15. The van der Waals surface area contributed by atoms with Crippen molar-refractivity contribution in [2.45, 2.75) is 25.7 Å². The zero-order valence-corrected chi connectivity index (χ0v) is 9.59. The lowest BCUT2D eigenvalue weighted by Crippen LogP contribution is -2.10. The molecule has 0 heterocycles. The zero-order chi connectivity index (χ0) is 12.0. The minimum atomic E-state index is 0.0994. The minimum absolute atomic E-state index is 0.0994. The Morgan fingerprint density at radius 3 is 1.62 bits per heavy atom. The Labute approximate surface area is 95.3 Å². The summed E-state index contributed by atoms with van der Waals surface area (Å²) in [6.07, 6.45) is 0. The molecule has 0 bridgehead atoms. The van der Waals surface area contributed by atoms with Crippen molar-refractivity contribution < 1.29 is 20.3 Å². The van der Waals surface area contributed by atoms with E-state index in [0.29, 0.717) is 0 Å². The summed E-state index contributed by atoms with van der Waals surface area (Å²) in [5.41, 5.74) is 2.20. The minimum Gasteiger partial charge on any atom is -0.252 e. The fraction of sp³-hybridized carbons (Fsp3) is 0.500. The van der Waals surface area contributed by atoms with Crippen molar-refractivity contribution in [3.63, 3.8) is 0 Å². The second-order valence-electron chi connectivity index (χ2n) is 4.02. The summed E-state index contributed by atoms with van der Waals surface area (Å²) in [5, 5.41) is 16.9. The Bertz CT molecular complexity index is 283. The monoisotopic (exact) mass is 226 g/mol. The summed E-state index contributed by atoms with van der Waals surface area (Å²) >= 11 is 0. The van der Waals surface area contributed by atoms with Gasteiger partial charge in [0, 0.05) is 11.8 Å². The van der Waals surface area contributed by atoms with E-state index in [4.69, 9.17) is 10.5 Å². The van der Waals surface area contributed by atoms with Gasteiger partial charge >= 0.3 is 0 Å². The molecule has 0 amide bonds. The lowest BCUT2D eigenvalue weighted by Gasteiger charge is -2.18. The van der Waals surface area contributed by atoms with E-state index in [0.717, 1.165) is 11.1 Å². The van der Waals surface area contributed by atoms with Crippen molar-refractivity contribution in [1.82, 2.24) is 0 Å². The van der Waals surface area contributed by atoms with Crippen LogP contribution < -0.4 is 0 Å². The molecule has 2 N–H and O–H groups in total. The van der Waals surface area contributed by atoms with Crippen molar-refractivity contribution in [2.24, 2.45) is 0 Å². The van der Waals surface area contributed by atoms with Gasteiger partial charge in [0.25, 0.3) is 0 Å². The van der Waals surface area contributed by atoms with E-state index in [1.54, 1.807) is 0 Å². The molecule has 0 aliphatic rings. The first kappa shape index (κ1) is 13.1. The van der Waals surface area contributed by atoms with Gasteiger partial charge in [-0.05, 0) is 11.1 Å². The highest BCUT2D eigenvalue weighted by atomic mass is 17.1. The van der Waals surface area contributed by atoms with Gasteiger partial charge < -0.3 is 0 Å². The average Bonchev–Trinajstić information content (AvgIpc) is 2.30. The molecule has 1 rings (SSSR count). The molecule has 0 spiro atoms. The molecule has 0 saturated heterocycles. The van der Waals surface area contributed by atoms with Crippen LogP contribution in [0.25, 0.3) is 0 Å². The van der Waals surface area contributed by atoms with Gasteiger partial charge in [0.1, 0.15) is 0 Å². The lowest BCUT2D eigenvalue weighted by molar-refractivity contribution is -0.246. The summed E-state index contributed by atoms with van der Waals surface area (Å²) in [5.74, 6) is 0.199. The van der Waals surface area contributed by atoms with Gasteiger partial charge in [0.05, 0.1) is 13.2 Å². The third kappa shape index (κ3) is 3.28. The summed E-state index contributed by atoms with van der Waals surface area (Å²) in [6, 6.07) is 7.87. The first-order chi connectivity index (χ1) is 7.70. The van der Waals surface area contributed by atoms with Crippen molar-refractivity contribution in [1.29, 1.82) is 0 Å². The van der Waals surface area contributed by atoms with Crippen LogP contribution in [0.3, 0.4) is 0 Å². The molecule has 0 aliphatic heterocycles. The van der Waals surface area contributed by atoms with Gasteiger partial charge in [-0.1, -0.05) is 38.1 Å². The van der Waals surface area contributed by atoms with E-state index in [2.05, 4.69) is 9.78 Å². The largest absolute Gasteiger partial charge is 0.252 e. The summed E-state index contributed by atoms with van der Waals surface area (Å²) in [6.45, 7) is 4.45. The molecule has 0 radical (unpaired) electrons. The van der Waals surface area contributed by atoms with Crippen LogP contribution in [0.2, 0.25) is 0 Å². The van der Waals surface area contributed by atoms with Gasteiger partial charge in [-0.25, -0.2) is 9.78 Å². The Morgan fingerprint density at radius 1 is 0.938 bits per heavy atom.